The Morgan fingerprint density at radius 1 is 1.17 bits per heavy atom. The van der Waals surface area contributed by atoms with Gasteiger partial charge in [0, 0.05) is 30.4 Å². The van der Waals surface area contributed by atoms with Gasteiger partial charge in [-0.3, -0.25) is 4.79 Å². The van der Waals surface area contributed by atoms with Crippen LogP contribution in [0.3, 0.4) is 0 Å². The van der Waals surface area contributed by atoms with Crippen molar-refractivity contribution in [3.8, 4) is 5.75 Å². The minimum absolute atomic E-state index is 0.0223. The van der Waals surface area contributed by atoms with E-state index < -0.39 is 11.7 Å². The van der Waals surface area contributed by atoms with E-state index in [1.165, 1.54) is 25.0 Å². The number of rotatable bonds is 8. The third-order valence-corrected chi connectivity index (χ3v) is 6.54. The number of para-hydroxylation sites is 1. The number of fused-ring (bicyclic) bond motifs is 1. The third kappa shape index (κ3) is 5.86. The van der Waals surface area contributed by atoms with Crippen LogP contribution in [0.25, 0.3) is 10.9 Å². The second-order valence-corrected chi connectivity index (χ2v) is 9.08. The van der Waals surface area contributed by atoms with Crippen LogP contribution in [0.2, 0.25) is 0 Å². The molecule has 2 aliphatic rings. The number of ether oxygens (including phenoxy) is 1. The number of amides is 1. The summed E-state index contributed by atoms with van der Waals surface area (Å²) >= 11 is 0. The van der Waals surface area contributed by atoms with Gasteiger partial charge in [-0.2, -0.15) is 0 Å². The highest BCUT2D eigenvalue weighted by Crippen LogP contribution is 2.27. The van der Waals surface area contributed by atoms with Gasteiger partial charge in [0.1, 0.15) is 23.2 Å². The Hall–Kier alpha value is -3.30. The lowest BCUT2D eigenvalue weighted by Crippen LogP contribution is -2.34. The summed E-state index contributed by atoms with van der Waals surface area (Å²) in [5, 5.41) is 10.1. The molecule has 5 rings (SSSR count). The average Bonchev–Trinajstić information content (AvgIpc) is 3.39. The van der Waals surface area contributed by atoms with Crippen LogP contribution in [0.4, 0.5) is 16.0 Å². The summed E-state index contributed by atoms with van der Waals surface area (Å²) in [6.45, 7) is 5.30. The zero-order valence-corrected chi connectivity index (χ0v) is 19.7. The van der Waals surface area contributed by atoms with Crippen molar-refractivity contribution in [3.05, 3.63) is 54.0 Å². The van der Waals surface area contributed by atoms with Crippen LogP contribution in [0.5, 0.6) is 5.75 Å². The van der Waals surface area contributed by atoms with E-state index in [9.17, 15) is 9.18 Å². The van der Waals surface area contributed by atoms with Crippen molar-refractivity contribution >= 4 is 28.4 Å². The number of nitrogens with one attached hydrogen (secondary N) is 3. The van der Waals surface area contributed by atoms with E-state index in [2.05, 4.69) is 30.8 Å². The van der Waals surface area contributed by atoms with E-state index in [-0.39, 0.29) is 11.7 Å². The minimum Gasteiger partial charge on any atom is -0.488 e. The number of aromatic nitrogens is 2. The average molecular weight is 479 g/mol. The first-order valence-corrected chi connectivity index (χ1v) is 12.4. The maximum atomic E-state index is 14.7. The molecule has 1 amide bonds. The third-order valence-electron chi connectivity index (χ3n) is 6.54. The lowest BCUT2D eigenvalue weighted by Gasteiger charge is -2.24. The molecule has 0 radical (unpaired) electrons. The highest BCUT2D eigenvalue weighted by atomic mass is 19.1. The first-order chi connectivity index (χ1) is 17.2. The predicted molar refractivity (Wildman–Crippen MR) is 134 cm³/mol. The van der Waals surface area contributed by atoms with Crippen LogP contribution in [0.1, 0.15) is 36.0 Å². The summed E-state index contributed by atoms with van der Waals surface area (Å²) in [6, 6.07) is 10.2. The molecular formula is C26H31FN6O2. The number of anilines is 2. The fourth-order valence-electron chi connectivity index (χ4n) is 4.61. The van der Waals surface area contributed by atoms with Gasteiger partial charge in [0.15, 0.2) is 0 Å². The Balaban J connectivity index is 1.25. The molecule has 0 unspecified atom stereocenters. The van der Waals surface area contributed by atoms with Crippen molar-refractivity contribution < 1.29 is 13.9 Å². The zero-order valence-electron chi connectivity index (χ0n) is 19.7. The van der Waals surface area contributed by atoms with Crippen LogP contribution in [-0.2, 0) is 0 Å². The molecule has 0 atom stereocenters. The molecule has 8 nitrogen and oxygen atoms in total. The largest absolute Gasteiger partial charge is 0.488 e. The Kier molecular flexibility index (Phi) is 7.34. The van der Waals surface area contributed by atoms with Crippen LogP contribution >= 0.6 is 0 Å². The van der Waals surface area contributed by atoms with Crippen molar-refractivity contribution in [2.45, 2.75) is 31.8 Å². The number of likely N-dealkylation sites (tertiary alicyclic amines) is 1. The van der Waals surface area contributed by atoms with E-state index in [0.717, 1.165) is 51.0 Å². The maximum absolute atomic E-state index is 14.7. The summed E-state index contributed by atoms with van der Waals surface area (Å²) < 4.78 is 21.0. The number of benzene rings is 2. The lowest BCUT2D eigenvalue weighted by atomic mass is 10.1. The second-order valence-electron chi connectivity index (χ2n) is 9.08. The molecule has 1 aromatic heterocycles. The topological polar surface area (TPSA) is 91.4 Å². The molecule has 2 aromatic carbocycles. The number of carbonyl (C=O) groups is 1. The number of hydrogen-bond acceptors (Lipinski definition) is 7. The Bertz CT molecular complexity index is 1180. The fraction of sp³-hybridized carbons (Fsp3) is 0.423. The molecule has 3 N–H and O–H groups in total. The monoisotopic (exact) mass is 478 g/mol. The Morgan fingerprint density at radius 3 is 2.80 bits per heavy atom. The molecule has 2 fully saturated rings. The van der Waals surface area contributed by atoms with Crippen molar-refractivity contribution in [1.29, 1.82) is 0 Å². The normalized spacial score (nSPS) is 16.9. The van der Waals surface area contributed by atoms with Gasteiger partial charge in [-0.15, -0.1) is 0 Å². The van der Waals surface area contributed by atoms with Gasteiger partial charge in [0.05, 0.1) is 5.56 Å². The first-order valence-electron chi connectivity index (χ1n) is 12.4. The number of halogens is 1. The summed E-state index contributed by atoms with van der Waals surface area (Å²) in [5.41, 5.74) is 1.19. The van der Waals surface area contributed by atoms with Crippen molar-refractivity contribution in [2.75, 3.05) is 44.6 Å². The molecule has 35 heavy (non-hydrogen) atoms. The Morgan fingerprint density at radius 2 is 2.00 bits per heavy atom. The molecule has 0 bridgehead atoms. The van der Waals surface area contributed by atoms with Crippen LogP contribution in [0, 0.1) is 5.82 Å². The first kappa shape index (κ1) is 23.4. The van der Waals surface area contributed by atoms with Gasteiger partial charge in [0.2, 0.25) is 5.95 Å². The minimum atomic E-state index is -0.593. The van der Waals surface area contributed by atoms with Crippen molar-refractivity contribution in [2.24, 2.45) is 0 Å². The number of hydrogen-bond donors (Lipinski definition) is 3. The quantitative estimate of drug-likeness (QED) is 0.457. The predicted octanol–water partition coefficient (Wildman–Crippen LogP) is 3.47. The molecule has 3 aromatic rings. The Labute approximate surface area is 204 Å². The second kappa shape index (κ2) is 11.0. The lowest BCUT2D eigenvalue weighted by molar-refractivity contribution is 0.0945. The van der Waals surface area contributed by atoms with Crippen LogP contribution in [0.15, 0.2) is 42.6 Å². The zero-order chi connectivity index (χ0) is 24.0. The number of nitrogens with zero attached hydrogens (tertiary/aromatic N) is 3. The molecule has 184 valence electrons. The summed E-state index contributed by atoms with van der Waals surface area (Å²) in [5.74, 6) is 0.0485. The molecule has 3 heterocycles. The molecule has 0 spiro atoms. The summed E-state index contributed by atoms with van der Waals surface area (Å²) in [6.07, 6.45) is 6.16. The number of piperidine rings is 1. The molecule has 9 heteroatoms. The van der Waals surface area contributed by atoms with E-state index in [0.29, 0.717) is 29.4 Å². The molecule has 0 aliphatic carbocycles. The molecular weight excluding hydrogens is 447 g/mol. The number of carbonyl (C=O) groups excluding carboxylic acids is 1. The van der Waals surface area contributed by atoms with Crippen LogP contribution in [-0.4, -0.2) is 66.1 Å². The van der Waals surface area contributed by atoms with Gasteiger partial charge in [-0.1, -0.05) is 12.1 Å². The highest BCUT2D eigenvalue weighted by molar-refractivity contribution is 5.95. The van der Waals surface area contributed by atoms with E-state index in [1.54, 1.807) is 12.3 Å². The summed E-state index contributed by atoms with van der Waals surface area (Å²) in [7, 11) is 0. The van der Waals surface area contributed by atoms with Gasteiger partial charge >= 0.3 is 0 Å². The van der Waals surface area contributed by atoms with Gasteiger partial charge in [0.25, 0.3) is 5.91 Å². The maximum Gasteiger partial charge on any atom is 0.254 e. The van der Waals surface area contributed by atoms with E-state index in [4.69, 9.17) is 4.74 Å². The van der Waals surface area contributed by atoms with Gasteiger partial charge < -0.3 is 25.6 Å². The van der Waals surface area contributed by atoms with Crippen molar-refractivity contribution in [3.63, 3.8) is 0 Å². The fourth-order valence-corrected chi connectivity index (χ4v) is 4.61. The molecule has 2 aliphatic heterocycles. The summed E-state index contributed by atoms with van der Waals surface area (Å²) in [4.78, 5) is 23.7. The van der Waals surface area contributed by atoms with Gasteiger partial charge in [-0.25, -0.2) is 14.4 Å². The van der Waals surface area contributed by atoms with E-state index >= 15 is 0 Å². The van der Waals surface area contributed by atoms with E-state index in [1.807, 2.05) is 18.2 Å². The van der Waals surface area contributed by atoms with Gasteiger partial charge in [-0.05, 0) is 76.1 Å². The SMILES string of the molecule is O=C(NCCN1CCCC1)c1ccc(Nc2ncc3cccc(OC4CCNCC4)c3n2)cc1F. The van der Waals surface area contributed by atoms with Crippen LogP contribution < -0.4 is 20.7 Å². The smallest absolute Gasteiger partial charge is 0.254 e. The van der Waals surface area contributed by atoms with Crippen molar-refractivity contribution in [1.82, 2.24) is 25.5 Å². The molecule has 0 saturated carbocycles. The highest BCUT2D eigenvalue weighted by Gasteiger charge is 2.17. The molecule has 2 saturated heterocycles. The standard InChI is InChI=1S/C26H31FN6O2/c27-22-16-19(6-7-21(22)25(34)29-12-15-33-13-1-2-14-33)31-26-30-17-18-4-3-5-23(24(18)32-26)35-20-8-10-28-11-9-20/h3-7,16-17,20,28H,1-2,8-15H2,(H,29,34)(H,30,31,32).